The average molecular weight is 272 g/mol. The van der Waals surface area contributed by atoms with E-state index in [4.69, 9.17) is 4.74 Å². The molecule has 0 saturated carbocycles. The molecule has 2 aromatic rings. The first-order valence-electron chi connectivity index (χ1n) is 6.73. The van der Waals surface area contributed by atoms with Crippen LogP contribution in [0.15, 0.2) is 30.5 Å². The number of Topliss-reactive ketones (excluding diaryl/α,β-unsaturated/α-hetero) is 1. The Morgan fingerprint density at radius 2 is 2.10 bits per heavy atom. The highest BCUT2D eigenvalue weighted by atomic mass is 16.5. The molecule has 0 spiro atoms. The third-order valence-electron chi connectivity index (χ3n) is 3.26. The molecular formula is C16H20N2O2. The molecule has 1 aromatic heterocycles. The van der Waals surface area contributed by atoms with Gasteiger partial charge >= 0.3 is 0 Å². The zero-order valence-corrected chi connectivity index (χ0v) is 12.4. The summed E-state index contributed by atoms with van der Waals surface area (Å²) in [6, 6.07) is 7.72. The molecule has 20 heavy (non-hydrogen) atoms. The van der Waals surface area contributed by atoms with Gasteiger partial charge in [0, 0.05) is 17.8 Å². The Hall–Kier alpha value is -2.10. The first-order chi connectivity index (χ1) is 9.51. The van der Waals surface area contributed by atoms with Gasteiger partial charge in [0.2, 0.25) is 0 Å². The lowest BCUT2D eigenvalue weighted by atomic mass is 10.0. The van der Waals surface area contributed by atoms with Gasteiger partial charge in [-0.3, -0.25) is 9.48 Å². The number of ketones is 1. The van der Waals surface area contributed by atoms with Gasteiger partial charge < -0.3 is 4.74 Å². The van der Waals surface area contributed by atoms with Crippen molar-refractivity contribution in [3.8, 4) is 5.75 Å². The molecule has 0 amide bonds. The molecule has 0 atom stereocenters. The number of carbonyl (C=O) groups excluding carboxylic acids is 1. The second kappa shape index (κ2) is 5.90. The molecule has 0 unspecified atom stereocenters. The lowest BCUT2D eigenvalue weighted by molar-refractivity contribution is 0.0991. The Balaban J connectivity index is 2.15. The molecule has 4 heteroatoms. The minimum Gasteiger partial charge on any atom is -0.496 e. The van der Waals surface area contributed by atoms with Gasteiger partial charge in [0.1, 0.15) is 5.75 Å². The third-order valence-corrected chi connectivity index (χ3v) is 3.26. The molecule has 4 nitrogen and oxygen atoms in total. The molecule has 1 aromatic carbocycles. The fourth-order valence-electron chi connectivity index (χ4n) is 2.02. The van der Waals surface area contributed by atoms with Crippen LogP contribution in [0.4, 0.5) is 0 Å². The summed E-state index contributed by atoms with van der Waals surface area (Å²) in [6.07, 6.45) is 2.22. The van der Waals surface area contributed by atoms with E-state index in [-0.39, 0.29) is 5.78 Å². The maximum Gasteiger partial charge on any atom is 0.169 e. The van der Waals surface area contributed by atoms with E-state index >= 15 is 0 Å². The van der Waals surface area contributed by atoms with Crippen LogP contribution < -0.4 is 4.74 Å². The van der Waals surface area contributed by atoms with Gasteiger partial charge in [-0.2, -0.15) is 5.10 Å². The number of nitrogens with zero attached hydrogens (tertiary/aromatic N) is 2. The zero-order valence-electron chi connectivity index (χ0n) is 12.4. The van der Waals surface area contributed by atoms with Crippen LogP contribution in [0.2, 0.25) is 0 Å². The number of carbonyl (C=O) groups is 1. The number of hydrogen-bond acceptors (Lipinski definition) is 3. The Morgan fingerprint density at radius 3 is 2.70 bits per heavy atom. The molecule has 106 valence electrons. The van der Waals surface area contributed by atoms with Crippen LogP contribution in [0.5, 0.6) is 5.75 Å². The summed E-state index contributed by atoms with van der Waals surface area (Å²) in [4.78, 5) is 12.3. The van der Waals surface area contributed by atoms with Crippen molar-refractivity contribution in [3.05, 3.63) is 47.3 Å². The maximum atomic E-state index is 12.3. The maximum absolute atomic E-state index is 12.3. The van der Waals surface area contributed by atoms with E-state index in [1.807, 2.05) is 36.0 Å². The van der Waals surface area contributed by atoms with Gasteiger partial charge in [0.15, 0.2) is 5.78 Å². The van der Waals surface area contributed by atoms with E-state index in [1.54, 1.807) is 13.2 Å². The Bertz CT molecular complexity index is 615. The summed E-state index contributed by atoms with van der Waals surface area (Å²) >= 11 is 0. The van der Waals surface area contributed by atoms with Gasteiger partial charge in [0.05, 0.1) is 19.2 Å². The second-order valence-electron chi connectivity index (χ2n) is 5.17. The summed E-state index contributed by atoms with van der Waals surface area (Å²) in [6.45, 7) is 6.07. The van der Waals surface area contributed by atoms with Crippen LogP contribution in [0.1, 0.15) is 41.5 Å². The minimum atomic E-state index is 0.0531. The largest absolute Gasteiger partial charge is 0.496 e. The normalized spacial score (nSPS) is 10.8. The number of aryl methyl sites for hydroxylation is 1. The molecule has 0 aliphatic carbocycles. The lowest BCUT2D eigenvalue weighted by Gasteiger charge is -2.07. The summed E-state index contributed by atoms with van der Waals surface area (Å²) in [5.74, 6) is 0.792. The van der Waals surface area contributed by atoms with Crippen molar-refractivity contribution in [3.63, 3.8) is 0 Å². The first kappa shape index (κ1) is 14.3. The second-order valence-corrected chi connectivity index (χ2v) is 5.17. The van der Waals surface area contributed by atoms with Crippen LogP contribution >= 0.6 is 0 Å². The molecule has 0 aliphatic heterocycles. The smallest absolute Gasteiger partial charge is 0.169 e. The number of ether oxygens (including phenoxy) is 1. The van der Waals surface area contributed by atoms with Crippen LogP contribution in [-0.2, 0) is 6.42 Å². The van der Waals surface area contributed by atoms with Gasteiger partial charge in [-0.25, -0.2) is 0 Å². The summed E-state index contributed by atoms with van der Waals surface area (Å²) in [7, 11) is 1.61. The monoisotopic (exact) mass is 272 g/mol. The highest BCUT2D eigenvalue weighted by Gasteiger charge is 2.12. The molecule has 0 aliphatic rings. The Morgan fingerprint density at radius 1 is 1.35 bits per heavy atom. The Kier molecular flexibility index (Phi) is 4.23. The van der Waals surface area contributed by atoms with E-state index in [2.05, 4.69) is 18.9 Å². The van der Waals surface area contributed by atoms with E-state index in [1.165, 1.54) is 0 Å². The van der Waals surface area contributed by atoms with E-state index in [0.29, 0.717) is 18.0 Å². The minimum absolute atomic E-state index is 0.0531. The lowest BCUT2D eigenvalue weighted by Crippen LogP contribution is -2.07. The van der Waals surface area contributed by atoms with Crippen molar-refractivity contribution < 1.29 is 9.53 Å². The fraction of sp³-hybridized carbons (Fsp3) is 0.375. The molecule has 0 bridgehead atoms. The number of rotatable bonds is 5. The third kappa shape index (κ3) is 3.07. The fourth-order valence-corrected chi connectivity index (χ4v) is 2.02. The highest BCUT2D eigenvalue weighted by Crippen LogP contribution is 2.20. The van der Waals surface area contributed by atoms with Gasteiger partial charge in [-0.15, -0.1) is 0 Å². The molecule has 0 saturated heterocycles. The van der Waals surface area contributed by atoms with Crippen LogP contribution in [0.25, 0.3) is 0 Å². The van der Waals surface area contributed by atoms with Gasteiger partial charge in [-0.1, -0.05) is 12.1 Å². The van der Waals surface area contributed by atoms with Crippen LogP contribution in [-0.4, -0.2) is 22.7 Å². The quantitative estimate of drug-likeness (QED) is 0.785. The van der Waals surface area contributed by atoms with Crippen molar-refractivity contribution in [1.82, 2.24) is 9.78 Å². The molecule has 2 rings (SSSR count). The highest BCUT2D eigenvalue weighted by molar-refractivity contribution is 5.97. The van der Waals surface area contributed by atoms with Crippen molar-refractivity contribution in [1.29, 1.82) is 0 Å². The van der Waals surface area contributed by atoms with Gasteiger partial charge in [0.25, 0.3) is 0 Å². The first-order valence-corrected chi connectivity index (χ1v) is 6.73. The summed E-state index contributed by atoms with van der Waals surface area (Å²) in [5, 5.41) is 4.40. The predicted octanol–water partition coefficient (Wildman–Crippen LogP) is 3.21. The predicted molar refractivity (Wildman–Crippen MR) is 78.4 cm³/mol. The Labute approximate surface area is 119 Å². The standard InChI is InChI=1S/C16H20N2O2/c1-11(2)18-8-7-14(17-18)10-15(19)13-6-5-12(3)16(9-13)20-4/h5-9,11H,10H2,1-4H3. The van der Waals surface area contributed by atoms with Crippen molar-refractivity contribution >= 4 is 5.78 Å². The summed E-state index contributed by atoms with van der Waals surface area (Å²) in [5.41, 5.74) is 2.47. The van der Waals surface area contributed by atoms with Crippen LogP contribution in [0, 0.1) is 6.92 Å². The topological polar surface area (TPSA) is 44.1 Å². The SMILES string of the molecule is COc1cc(C(=O)Cc2ccn(C(C)C)n2)ccc1C. The molecule has 0 N–H and O–H groups in total. The number of hydrogen-bond donors (Lipinski definition) is 0. The molecule has 1 heterocycles. The van der Waals surface area contributed by atoms with E-state index < -0.39 is 0 Å². The van der Waals surface area contributed by atoms with E-state index in [0.717, 1.165) is 17.0 Å². The van der Waals surface area contributed by atoms with Crippen molar-refractivity contribution in [2.75, 3.05) is 7.11 Å². The molecule has 0 radical (unpaired) electrons. The zero-order chi connectivity index (χ0) is 14.7. The van der Waals surface area contributed by atoms with Gasteiger partial charge in [-0.05, 0) is 38.5 Å². The molecule has 0 fully saturated rings. The number of methoxy groups -OCH3 is 1. The summed E-state index contributed by atoms with van der Waals surface area (Å²) < 4.78 is 7.11. The number of benzene rings is 1. The van der Waals surface area contributed by atoms with Crippen molar-refractivity contribution in [2.24, 2.45) is 0 Å². The average Bonchev–Trinajstić information content (AvgIpc) is 2.88. The van der Waals surface area contributed by atoms with Crippen molar-refractivity contribution in [2.45, 2.75) is 33.2 Å². The molecular weight excluding hydrogens is 252 g/mol. The van der Waals surface area contributed by atoms with E-state index in [9.17, 15) is 4.79 Å². The number of aromatic nitrogens is 2. The van der Waals surface area contributed by atoms with Crippen LogP contribution in [0.3, 0.4) is 0 Å².